The van der Waals surface area contributed by atoms with E-state index in [0.717, 1.165) is 0 Å². The molecule has 3 rings (SSSR count). The van der Waals surface area contributed by atoms with E-state index in [9.17, 15) is 9.90 Å². The molecule has 0 unspecified atom stereocenters. The number of ether oxygens (including phenoxy) is 2. The van der Waals surface area contributed by atoms with Crippen molar-refractivity contribution in [1.29, 1.82) is 5.26 Å². The lowest BCUT2D eigenvalue weighted by Gasteiger charge is -2.26. The van der Waals surface area contributed by atoms with Crippen molar-refractivity contribution in [2.24, 2.45) is 5.41 Å². The minimum absolute atomic E-state index is 0.0115. The summed E-state index contributed by atoms with van der Waals surface area (Å²) >= 11 is 0. The Morgan fingerprint density at radius 1 is 1.31 bits per heavy atom. The van der Waals surface area contributed by atoms with Gasteiger partial charge in [0.15, 0.2) is 11.5 Å². The quantitative estimate of drug-likeness (QED) is 0.584. The Morgan fingerprint density at radius 3 is 2.72 bits per heavy atom. The largest absolute Gasteiger partial charge is 0.445 e. The van der Waals surface area contributed by atoms with Crippen LogP contribution in [0.2, 0.25) is 0 Å². The Balaban J connectivity index is 1.98. The van der Waals surface area contributed by atoms with Crippen LogP contribution < -0.4 is 20.1 Å². The Hall–Kier alpha value is -3.31. The van der Waals surface area contributed by atoms with Gasteiger partial charge in [-0.15, -0.1) is 0 Å². The van der Waals surface area contributed by atoms with Crippen LogP contribution in [0.3, 0.4) is 0 Å². The number of hydrogen-bond acceptors (Lipinski definition) is 7. The highest BCUT2D eigenvalue weighted by atomic mass is 16.6. The summed E-state index contributed by atoms with van der Waals surface area (Å²) in [5, 5.41) is 24.6. The molecule has 1 aliphatic heterocycles. The molecule has 2 aromatic rings. The maximum atomic E-state index is 12.8. The zero-order valence-electron chi connectivity index (χ0n) is 16.9. The van der Waals surface area contributed by atoms with Crippen molar-refractivity contribution in [2.45, 2.75) is 33.7 Å². The third-order valence-electron chi connectivity index (χ3n) is 4.33. The summed E-state index contributed by atoms with van der Waals surface area (Å²) in [6.45, 7) is 7.83. The molecule has 0 radical (unpaired) electrons. The van der Waals surface area contributed by atoms with Crippen molar-refractivity contribution in [3.63, 3.8) is 0 Å². The fourth-order valence-electron chi connectivity index (χ4n) is 2.67. The molecule has 1 aromatic carbocycles. The third-order valence-corrected chi connectivity index (χ3v) is 4.33. The number of carbonyl (C=O) groups excluding carboxylic acids is 1. The summed E-state index contributed by atoms with van der Waals surface area (Å²) in [7, 11) is 0. The molecule has 0 bridgehead atoms. The van der Waals surface area contributed by atoms with Crippen LogP contribution in [-0.4, -0.2) is 35.2 Å². The molecule has 152 valence electrons. The highest BCUT2D eigenvalue weighted by molar-refractivity contribution is 6.01. The van der Waals surface area contributed by atoms with Gasteiger partial charge < -0.3 is 25.2 Å². The van der Waals surface area contributed by atoms with E-state index in [2.05, 4.69) is 21.7 Å². The molecule has 29 heavy (non-hydrogen) atoms. The second-order valence-corrected chi connectivity index (χ2v) is 7.96. The molecule has 0 aliphatic carbocycles. The number of pyridine rings is 1. The number of aliphatic hydroxyl groups excluding tert-OH is 1. The van der Waals surface area contributed by atoms with Gasteiger partial charge in [0, 0.05) is 36.9 Å². The lowest BCUT2D eigenvalue weighted by molar-refractivity contribution is 0.0911. The molecular weight excluding hydrogens is 372 g/mol. The summed E-state index contributed by atoms with van der Waals surface area (Å²) in [6.07, 6.45) is 1.43. The van der Waals surface area contributed by atoms with Gasteiger partial charge in [-0.05, 0) is 26.0 Å². The van der Waals surface area contributed by atoms with Crippen LogP contribution in [0.5, 0.6) is 23.1 Å². The van der Waals surface area contributed by atoms with Gasteiger partial charge >= 0.3 is 0 Å². The van der Waals surface area contributed by atoms with Gasteiger partial charge in [0.2, 0.25) is 5.75 Å². The highest BCUT2D eigenvalue weighted by Gasteiger charge is 2.29. The van der Waals surface area contributed by atoms with Gasteiger partial charge in [0.1, 0.15) is 0 Å². The predicted octanol–water partition coefficient (Wildman–Crippen LogP) is 3.42. The monoisotopic (exact) mass is 396 g/mol. The molecule has 8 heteroatoms. The van der Waals surface area contributed by atoms with E-state index in [1.54, 1.807) is 18.2 Å². The molecule has 0 spiro atoms. The van der Waals surface area contributed by atoms with E-state index in [0.29, 0.717) is 34.9 Å². The van der Waals surface area contributed by atoms with Gasteiger partial charge in [-0.1, -0.05) is 13.8 Å². The molecule has 3 N–H and O–H groups in total. The number of benzene rings is 1. The minimum Gasteiger partial charge on any atom is -0.445 e. The molecule has 8 nitrogen and oxygen atoms in total. The SMILES string of the molecule is CC(C)Nc1c(C(=O)NCC(C)(C)CO)cnc2c1Oc1cc(C#N)ccc1O2. The fraction of sp³-hybridized carbons (Fsp3) is 0.381. The summed E-state index contributed by atoms with van der Waals surface area (Å²) in [6, 6.07) is 6.93. The van der Waals surface area contributed by atoms with Crippen LogP contribution in [0.15, 0.2) is 24.4 Å². The van der Waals surface area contributed by atoms with E-state index in [4.69, 9.17) is 14.7 Å². The molecule has 0 fully saturated rings. The molecule has 0 atom stereocenters. The normalized spacial score (nSPS) is 12.2. The molecule has 1 amide bonds. The lowest BCUT2D eigenvalue weighted by atomic mass is 9.95. The number of aliphatic hydroxyl groups is 1. The van der Waals surface area contributed by atoms with Gasteiger partial charge in [-0.25, -0.2) is 4.98 Å². The first-order chi connectivity index (χ1) is 13.7. The number of nitriles is 1. The second kappa shape index (κ2) is 7.97. The number of rotatable bonds is 6. The summed E-state index contributed by atoms with van der Waals surface area (Å²) < 4.78 is 11.8. The van der Waals surface area contributed by atoms with Gasteiger partial charge in [-0.3, -0.25) is 4.79 Å². The van der Waals surface area contributed by atoms with Crippen LogP contribution in [0, 0.1) is 16.7 Å². The number of aromatic nitrogens is 1. The van der Waals surface area contributed by atoms with Gasteiger partial charge in [0.05, 0.1) is 22.9 Å². The maximum absolute atomic E-state index is 12.8. The standard InChI is InChI=1S/C21H24N4O4/c1-12(2)25-17-14(19(27)24-10-21(3,4)11-26)9-23-20-18(17)28-16-7-13(8-22)5-6-15(16)29-20/h5-7,9,12,26H,10-11H2,1-4H3,(H,23,25)(H,24,27). The van der Waals surface area contributed by atoms with E-state index in [1.165, 1.54) is 6.20 Å². The van der Waals surface area contributed by atoms with Gasteiger partial charge in [-0.2, -0.15) is 5.26 Å². The van der Waals surface area contributed by atoms with Crippen molar-refractivity contribution in [2.75, 3.05) is 18.5 Å². The predicted molar refractivity (Wildman–Crippen MR) is 108 cm³/mol. The van der Waals surface area contributed by atoms with Crippen molar-refractivity contribution in [3.8, 4) is 29.2 Å². The summed E-state index contributed by atoms with van der Waals surface area (Å²) in [5.74, 6) is 1.00. The molecule has 2 heterocycles. The number of carbonyl (C=O) groups is 1. The number of nitrogens with one attached hydrogen (secondary N) is 2. The first-order valence-corrected chi connectivity index (χ1v) is 9.32. The first-order valence-electron chi connectivity index (χ1n) is 9.32. The average molecular weight is 396 g/mol. The number of anilines is 1. The average Bonchev–Trinajstić information content (AvgIpc) is 2.70. The van der Waals surface area contributed by atoms with Crippen molar-refractivity contribution >= 4 is 11.6 Å². The molecule has 1 aromatic heterocycles. The number of fused-ring (bicyclic) bond motifs is 2. The van der Waals surface area contributed by atoms with Gasteiger partial charge in [0.25, 0.3) is 11.8 Å². The number of hydrogen-bond donors (Lipinski definition) is 3. The van der Waals surface area contributed by atoms with Crippen LogP contribution in [0.25, 0.3) is 0 Å². The smallest absolute Gasteiger partial charge is 0.265 e. The third kappa shape index (κ3) is 4.41. The lowest BCUT2D eigenvalue weighted by Crippen LogP contribution is -2.36. The topological polar surface area (TPSA) is 117 Å². The Labute approximate surface area is 169 Å². The Bertz CT molecular complexity index is 979. The van der Waals surface area contributed by atoms with Crippen LogP contribution in [-0.2, 0) is 0 Å². The van der Waals surface area contributed by atoms with Crippen LogP contribution in [0.1, 0.15) is 43.6 Å². The van der Waals surface area contributed by atoms with Crippen molar-refractivity contribution in [1.82, 2.24) is 10.3 Å². The van der Waals surface area contributed by atoms with E-state index in [1.807, 2.05) is 27.7 Å². The summed E-state index contributed by atoms with van der Waals surface area (Å²) in [4.78, 5) is 17.1. The van der Waals surface area contributed by atoms with Crippen molar-refractivity contribution in [3.05, 3.63) is 35.5 Å². The van der Waals surface area contributed by atoms with Crippen LogP contribution in [0.4, 0.5) is 5.69 Å². The summed E-state index contributed by atoms with van der Waals surface area (Å²) in [5.41, 5.74) is 0.740. The van der Waals surface area contributed by atoms with E-state index >= 15 is 0 Å². The molecule has 1 aliphatic rings. The first kappa shape index (κ1) is 20.4. The zero-order chi connectivity index (χ0) is 21.2. The van der Waals surface area contributed by atoms with Crippen molar-refractivity contribution < 1.29 is 19.4 Å². The zero-order valence-corrected chi connectivity index (χ0v) is 16.9. The van der Waals surface area contributed by atoms with E-state index in [-0.39, 0.29) is 30.2 Å². The highest BCUT2D eigenvalue weighted by Crippen LogP contribution is 2.49. The molecule has 0 saturated heterocycles. The minimum atomic E-state index is -0.449. The molecular formula is C21H24N4O4. The van der Waals surface area contributed by atoms with E-state index < -0.39 is 5.41 Å². The number of amides is 1. The maximum Gasteiger partial charge on any atom is 0.265 e. The fourth-order valence-corrected chi connectivity index (χ4v) is 2.67. The number of nitrogens with zero attached hydrogens (tertiary/aromatic N) is 2. The Morgan fingerprint density at radius 2 is 2.07 bits per heavy atom. The second-order valence-electron chi connectivity index (χ2n) is 7.96. The molecule has 0 saturated carbocycles. The van der Waals surface area contributed by atoms with Crippen LogP contribution >= 0.6 is 0 Å². The Kier molecular flexibility index (Phi) is 5.62.